The molecule has 0 aliphatic carbocycles. The first kappa shape index (κ1) is 14.4. The molecule has 0 bridgehead atoms. The van der Waals surface area contributed by atoms with Crippen molar-refractivity contribution in [3.63, 3.8) is 0 Å². The van der Waals surface area contributed by atoms with Crippen molar-refractivity contribution >= 4 is 11.8 Å². The van der Waals surface area contributed by atoms with E-state index in [-0.39, 0.29) is 0 Å². The Labute approximate surface area is 108 Å². The van der Waals surface area contributed by atoms with Crippen molar-refractivity contribution in [2.24, 2.45) is 0 Å². The van der Waals surface area contributed by atoms with Gasteiger partial charge in [0.05, 0.1) is 13.2 Å². The molecular formula is C13H21NO2S. The Morgan fingerprint density at radius 3 is 2.82 bits per heavy atom. The molecule has 0 saturated heterocycles. The second-order valence-electron chi connectivity index (χ2n) is 3.62. The number of benzene rings is 1. The summed E-state index contributed by atoms with van der Waals surface area (Å²) in [5, 5.41) is 3.32. The summed E-state index contributed by atoms with van der Waals surface area (Å²) in [4.78, 5) is 0. The standard InChI is InChI=1S/C13H21NO2S/c1-15-8-7-14-11-12-5-3-4-6-13(12)16-9-10-17-2/h3-6,14H,7-11H2,1-2H3. The van der Waals surface area contributed by atoms with Crippen LogP contribution in [-0.4, -0.2) is 38.9 Å². The molecule has 0 aliphatic rings. The molecule has 0 spiro atoms. The lowest BCUT2D eigenvalue weighted by Crippen LogP contribution is -2.19. The smallest absolute Gasteiger partial charge is 0.123 e. The number of thioether (sulfide) groups is 1. The van der Waals surface area contributed by atoms with Crippen LogP contribution in [0.25, 0.3) is 0 Å². The van der Waals surface area contributed by atoms with Crippen LogP contribution in [0.4, 0.5) is 0 Å². The molecule has 0 atom stereocenters. The zero-order valence-electron chi connectivity index (χ0n) is 10.6. The van der Waals surface area contributed by atoms with Gasteiger partial charge in [0.25, 0.3) is 0 Å². The predicted octanol–water partition coefficient (Wildman–Crippen LogP) is 2.16. The monoisotopic (exact) mass is 255 g/mol. The van der Waals surface area contributed by atoms with Gasteiger partial charge in [-0.25, -0.2) is 0 Å². The summed E-state index contributed by atoms with van der Waals surface area (Å²) in [5.41, 5.74) is 1.20. The lowest BCUT2D eigenvalue weighted by atomic mass is 10.2. The minimum atomic E-state index is 0.732. The van der Waals surface area contributed by atoms with Crippen LogP contribution >= 0.6 is 11.8 Å². The molecular weight excluding hydrogens is 234 g/mol. The Balaban J connectivity index is 2.40. The third-order valence-electron chi connectivity index (χ3n) is 2.32. The quantitative estimate of drug-likeness (QED) is 0.685. The van der Waals surface area contributed by atoms with E-state index in [0.717, 1.165) is 37.8 Å². The van der Waals surface area contributed by atoms with Crippen LogP contribution in [0.5, 0.6) is 5.75 Å². The minimum Gasteiger partial charge on any atom is -0.492 e. The first-order chi connectivity index (χ1) is 8.38. The van der Waals surface area contributed by atoms with Crippen LogP contribution < -0.4 is 10.1 Å². The van der Waals surface area contributed by atoms with Crippen LogP contribution in [0.2, 0.25) is 0 Å². The summed E-state index contributed by atoms with van der Waals surface area (Å²) < 4.78 is 10.7. The highest BCUT2D eigenvalue weighted by Gasteiger charge is 2.01. The fraction of sp³-hybridized carbons (Fsp3) is 0.538. The molecule has 0 fully saturated rings. The Morgan fingerprint density at radius 1 is 1.24 bits per heavy atom. The SMILES string of the molecule is COCCNCc1ccccc1OCCSC. The molecule has 1 aromatic rings. The van der Waals surface area contributed by atoms with Crippen molar-refractivity contribution in [3.05, 3.63) is 29.8 Å². The third-order valence-corrected chi connectivity index (χ3v) is 2.89. The normalized spacial score (nSPS) is 10.5. The molecule has 17 heavy (non-hydrogen) atoms. The third kappa shape index (κ3) is 5.96. The van der Waals surface area contributed by atoms with Gasteiger partial charge in [-0.2, -0.15) is 11.8 Å². The second-order valence-corrected chi connectivity index (χ2v) is 4.60. The molecule has 96 valence electrons. The molecule has 0 aromatic heterocycles. The Morgan fingerprint density at radius 2 is 2.06 bits per heavy atom. The fourth-order valence-electron chi connectivity index (χ4n) is 1.42. The van der Waals surface area contributed by atoms with Gasteiger partial charge >= 0.3 is 0 Å². The summed E-state index contributed by atoms with van der Waals surface area (Å²) in [5.74, 6) is 2.00. The fourth-order valence-corrected chi connectivity index (χ4v) is 1.67. The number of nitrogens with one attached hydrogen (secondary N) is 1. The van der Waals surface area contributed by atoms with Crippen molar-refractivity contribution in [1.82, 2.24) is 5.32 Å². The number of ether oxygens (including phenoxy) is 2. The van der Waals surface area contributed by atoms with Gasteiger partial charge in [-0.3, -0.25) is 0 Å². The number of hydrogen-bond donors (Lipinski definition) is 1. The van der Waals surface area contributed by atoms with Crippen molar-refractivity contribution in [2.75, 3.05) is 38.9 Å². The summed E-state index contributed by atoms with van der Waals surface area (Å²) in [6.07, 6.45) is 2.08. The van der Waals surface area contributed by atoms with E-state index in [0.29, 0.717) is 0 Å². The zero-order chi connectivity index (χ0) is 12.3. The molecule has 1 rings (SSSR count). The van der Waals surface area contributed by atoms with E-state index in [9.17, 15) is 0 Å². The summed E-state index contributed by atoms with van der Waals surface area (Å²) in [6, 6.07) is 8.16. The van der Waals surface area contributed by atoms with Crippen molar-refractivity contribution in [3.8, 4) is 5.75 Å². The lowest BCUT2D eigenvalue weighted by molar-refractivity contribution is 0.199. The Kier molecular flexibility index (Phi) is 7.88. The van der Waals surface area contributed by atoms with E-state index in [4.69, 9.17) is 9.47 Å². The first-order valence-electron chi connectivity index (χ1n) is 5.77. The molecule has 1 N–H and O–H groups in total. The highest BCUT2D eigenvalue weighted by Crippen LogP contribution is 2.17. The van der Waals surface area contributed by atoms with E-state index >= 15 is 0 Å². The maximum absolute atomic E-state index is 5.74. The molecule has 1 aromatic carbocycles. The Hall–Kier alpha value is -0.710. The van der Waals surface area contributed by atoms with Crippen LogP contribution in [0.3, 0.4) is 0 Å². The number of para-hydroxylation sites is 1. The average molecular weight is 255 g/mol. The molecule has 0 amide bonds. The number of methoxy groups -OCH3 is 1. The van der Waals surface area contributed by atoms with Gasteiger partial charge in [0.2, 0.25) is 0 Å². The second kappa shape index (κ2) is 9.33. The molecule has 4 heteroatoms. The van der Waals surface area contributed by atoms with E-state index in [1.807, 2.05) is 18.2 Å². The molecule has 0 saturated carbocycles. The van der Waals surface area contributed by atoms with E-state index in [2.05, 4.69) is 17.6 Å². The largest absolute Gasteiger partial charge is 0.492 e. The summed E-state index contributed by atoms with van der Waals surface area (Å²) >= 11 is 1.79. The molecule has 0 aliphatic heterocycles. The number of hydrogen-bond acceptors (Lipinski definition) is 4. The predicted molar refractivity (Wildman–Crippen MR) is 73.9 cm³/mol. The van der Waals surface area contributed by atoms with Crippen LogP contribution in [0.15, 0.2) is 24.3 Å². The van der Waals surface area contributed by atoms with Gasteiger partial charge in [0, 0.05) is 31.5 Å². The van der Waals surface area contributed by atoms with Gasteiger partial charge in [0.15, 0.2) is 0 Å². The van der Waals surface area contributed by atoms with Crippen LogP contribution in [-0.2, 0) is 11.3 Å². The highest BCUT2D eigenvalue weighted by molar-refractivity contribution is 7.98. The summed E-state index contributed by atoms with van der Waals surface area (Å²) in [6.45, 7) is 3.17. The Bertz CT molecular complexity index is 307. The van der Waals surface area contributed by atoms with Gasteiger partial charge in [-0.15, -0.1) is 0 Å². The average Bonchev–Trinajstić information content (AvgIpc) is 2.36. The van der Waals surface area contributed by atoms with E-state index in [1.54, 1.807) is 18.9 Å². The molecule has 0 unspecified atom stereocenters. The van der Waals surface area contributed by atoms with Crippen LogP contribution in [0.1, 0.15) is 5.56 Å². The maximum atomic E-state index is 5.74. The lowest BCUT2D eigenvalue weighted by Gasteiger charge is -2.11. The van der Waals surface area contributed by atoms with Crippen molar-refractivity contribution in [1.29, 1.82) is 0 Å². The summed E-state index contributed by atoms with van der Waals surface area (Å²) in [7, 11) is 1.71. The zero-order valence-corrected chi connectivity index (χ0v) is 11.4. The van der Waals surface area contributed by atoms with Gasteiger partial charge in [0.1, 0.15) is 5.75 Å². The van der Waals surface area contributed by atoms with Gasteiger partial charge < -0.3 is 14.8 Å². The molecule has 0 heterocycles. The van der Waals surface area contributed by atoms with Gasteiger partial charge in [-0.05, 0) is 12.3 Å². The first-order valence-corrected chi connectivity index (χ1v) is 7.17. The van der Waals surface area contributed by atoms with E-state index in [1.165, 1.54) is 5.56 Å². The topological polar surface area (TPSA) is 30.5 Å². The molecule has 0 radical (unpaired) electrons. The van der Waals surface area contributed by atoms with Crippen LogP contribution in [0, 0.1) is 0 Å². The molecule has 3 nitrogen and oxygen atoms in total. The minimum absolute atomic E-state index is 0.732. The van der Waals surface area contributed by atoms with Gasteiger partial charge in [-0.1, -0.05) is 18.2 Å². The highest BCUT2D eigenvalue weighted by atomic mass is 32.2. The maximum Gasteiger partial charge on any atom is 0.123 e. The van der Waals surface area contributed by atoms with Crippen molar-refractivity contribution in [2.45, 2.75) is 6.54 Å². The van der Waals surface area contributed by atoms with E-state index < -0.39 is 0 Å². The van der Waals surface area contributed by atoms with Crippen molar-refractivity contribution < 1.29 is 9.47 Å². The number of rotatable bonds is 9.